The zero-order chi connectivity index (χ0) is 52.2. The molecule has 3 atom stereocenters. The Balaban J connectivity index is 5.23. The van der Waals surface area contributed by atoms with Crippen molar-refractivity contribution < 1.29 is 37.3 Å². The Morgan fingerprint density at radius 3 is 1.30 bits per heavy atom. The quantitative estimate of drug-likeness (QED) is 0.0212. The number of carbonyl (C=O) groups excluding carboxylic acids is 2. The maximum absolute atomic E-state index is 13.5. The van der Waals surface area contributed by atoms with E-state index in [2.05, 4.69) is 50.4 Å². The predicted molar refractivity (Wildman–Crippen MR) is 303 cm³/mol. The van der Waals surface area contributed by atoms with E-state index < -0.39 is 20.0 Å². The highest BCUT2D eigenvalue weighted by molar-refractivity contribution is 7.45. The van der Waals surface area contributed by atoms with Crippen LogP contribution in [0, 0.1) is 0 Å². The largest absolute Gasteiger partial charge is 0.756 e. The van der Waals surface area contributed by atoms with Crippen molar-refractivity contribution in [3.05, 3.63) is 36.5 Å². The van der Waals surface area contributed by atoms with Gasteiger partial charge >= 0.3 is 5.97 Å². The van der Waals surface area contributed by atoms with Crippen LogP contribution >= 0.6 is 7.82 Å². The zero-order valence-electron chi connectivity index (χ0n) is 47.7. The molecule has 0 heterocycles. The third-order valence-corrected chi connectivity index (χ3v) is 14.5. The first-order chi connectivity index (χ1) is 34.4. The molecule has 1 amide bonds. The lowest BCUT2D eigenvalue weighted by molar-refractivity contribution is -0.870. The average molecular weight is 1020 g/mol. The number of nitrogens with one attached hydrogen (secondary N) is 1. The van der Waals surface area contributed by atoms with Crippen LogP contribution in [-0.2, 0) is 27.9 Å². The van der Waals surface area contributed by atoms with Crippen molar-refractivity contribution in [1.82, 2.24) is 5.32 Å². The highest BCUT2D eigenvalue weighted by atomic mass is 31.2. The number of rotatable bonds is 55. The number of hydrogen-bond acceptors (Lipinski definition) is 7. The molecule has 1 N–H and O–H groups in total. The number of ether oxygens (including phenoxy) is 1. The fourth-order valence-electron chi connectivity index (χ4n) is 8.85. The third kappa shape index (κ3) is 52.9. The Hall–Kier alpha value is -1.77. The minimum Gasteiger partial charge on any atom is -0.756 e. The molecule has 0 aromatic carbocycles. The summed E-state index contributed by atoms with van der Waals surface area (Å²) in [6.45, 7) is 6.84. The molecule has 418 valence electrons. The molecule has 71 heavy (non-hydrogen) atoms. The van der Waals surface area contributed by atoms with Crippen molar-refractivity contribution >= 4 is 19.7 Å². The summed E-state index contributed by atoms with van der Waals surface area (Å²) in [7, 11) is 1.19. The summed E-state index contributed by atoms with van der Waals surface area (Å²) in [4.78, 5) is 39.9. The summed E-state index contributed by atoms with van der Waals surface area (Å²) in [5.41, 5.74) is 0. The number of esters is 1. The van der Waals surface area contributed by atoms with E-state index in [9.17, 15) is 19.0 Å². The number of quaternary nitrogens is 1. The van der Waals surface area contributed by atoms with Crippen molar-refractivity contribution in [2.24, 2.45) is 0 Å². The van der Waals surface area contributed by atoms with Crippen LogP contribution in [-0.4, -0.2) is 69.4 Å². The topological polar surface area (TPSA) is 114 Å². The van der Waals surface area contributed by atoms with Crippen LogP contribution in [0.5, 0.6) is 0 Å². The fraction of sp³-hybridized carbons (Fsp3) is 0.869. The van der Waals surface area contributed by atoms with E-state index in [0.717, 1.165) is 64.2 Å². The lowest BCUT2D eigenvalue weighted by Crippen LogP contribution is -2.47. The standard InChI is InChI=1S/C61H117N2O7P/c1-7-10-13-16-19-22-25-27-29-30-31-32-34-36-39-42-45-48-51-54-61(65)70-59(52-49-46-43-40-37-24-21-18-15-12-9-3)58(57-69-71(66,67)68-56-55-63(4,5)6)62-60(64)53-50-47-44-41-38-35-33-28-26-23-20-17-14-11-8-2/h19,22,27,29,49,52,58-59H,7-18,20-21,23-26,28,30-48,50-51,53-57H2,1-6H3,(H-,62,64,66,67)/b22-19-,29-27-,52-49+. The number of nitrogens with zero attached hydrogens (tertiary/aromatic N) is 1. The molecule has 0 aliphatic rings. The van der Waals surface area contributed by atoms with Crippen LogP contribution in [0.15, 0.2) is 36.5 Å². The van der Waals surface area contributed by atoms with Gasteiger partial charge in [-0.1, -0.05) is 250 Å². The number of allylic oxidation sites excluding steroid dienone is 5. The van der Waals surface area contributed by atoms with Crippen LogP contribution < -0.4 is 10.2 Å². The average Bonchev–Trinajstić information content (AvgIpc) is 3.33. The molecule has 0 rings (SSSR count). The van der Waals surface area contributed by atoms with Gasteiger partial charge in [-0.15, -0.1) is 0 Å². The van der Waals surface area contributed by atoms with Crippen LogP contribution in [0.3, 0.4) is 0 Å². The Morgan fingerprint density at radius 2 is 0.859 bits per heavy atom. The Labute approximate surface area is 440 Å². The van der Waals surface area contributed by atoms with Gasteiger partial charge < -0.3 is 28.5 Å². The molecule has 0 aromatic rings. The molecule has 0 aliphatic carbocycles. The van der Waals surface area contributed by atoms with Gasteiger partial charge in [-0.25, -0.2) is 0 Å². The van der Waals surface area contributed by atoms with Crippen LogP contribution in [0.25, 0.3) is 0 Å². The summed E-state index contributed by atoms with van der Waals surface area (Å²) in [5, 5.41) is 3.03. The lowest BCUT2D eigenvalue weighted by atomic mass is 10.0. The van der Waals surface area contributed by atoms with Crippen molar-refractivity contribution in [1.29, 1.82) is 0 Å². The molecule has 0 saturated heterocycles. The van der Waals surface area contributed by atoms with Gasteiger partial charge in [0.05, 0.1) is 33.8 Å². The van der Waals surface area contributed by atoms with Gasteiger partial charge in [0, 0.05) is 12.8 Å². The summed E-state index contributed by atoms with van der Waals surface area (Å²) < 4.78 is 30.3. The second kappa shape index (κ2) is 51.7. The van der Waals surface area contributed by atoms with E-state index in [4.69, 9.17) is 13.8 Å². The number of unbranched alkanes of at least 4 members (excludes halogenated alkanes) is 35. The van der Waals surface area contributed by atoms with E-state index >= 15 is 0 Å². The highest BCUT2D eigenvalue weighted by Gasteiger charge is 2.27. The predicted octanol–water partition coefficient (Wildman–Crippen LogP) is 17.7. The minimum absolute atomic E-state index is 0.0207. The highest BCUT2D eigenvalue weighted by Crippen LogP contribution is 2.38. The Morgan fingerprint density at radius 1 is 0.493 bits per heavy atom. The smallest absolute Gasteiger partial charge is 0.306 e. The molecule has 0 spiro atoms. The third-order valence-electron chi connectivity index (χ3n) is 13.6. The number of hydrogen-bond donors (Lipinski definition) is 1. The molecule has 9 nitrogen and oxygen atoms in total. The molecule has 10 heteroatoms. The number of amides is 1. The van der Waals surface area contributed by atoms with Crippen LogP contribution in [0.1, 0.15) is 290 Å². The normalized spacial score (nSPS) is 14.0. The molecule has 0 radical (unpaired) electrons. The van der Waals surface area contributed by atoms with E-state index in [-0.39, 0.29) is 31.5 Å². The van der Waals surface area contributed by atoms with E-state index in [0.29, 0.717) is 17.4 Å². The number of likely N-dealkylation sites (N-methyl/N-ethyl adjacent to an activating group) is 1. The van der Waals surface area contributed by atoms with Gasteiger partial charge in [-0.3, -0.25) is 14.2 Å². The van der Waals surface area contributed by atoms with Crippen LogP contribution in [0.2, 0.25) is 0 Å². The fourth-order valence-corrected chi connectivity index (χ4v) is 9.57. The molecule has 3 unspecified atom stereocenters. The van der Waals surface area contributed by atoms with Crippen molar-refractivity contribution in [2.75, 3.05) is 40.9 Å². The van der Waals surface area contributed by atoms with Gasteiger partial charge in [0.15, 0.2) is 0 Å². The first-order valence-electron chi connectivity index (χ1n) is 30.3. The Bertz CT molecular complexity index is 1310. The van der Waals surface area contributed by atoms with Crippen molar-refractivity contribution in [2.45, 2.75) is 303 Å². The van der Waals surface area contributed by atoms with Crippen LogP contribution in [0.4, 0.5) is 0 Å². The first-order valence-corrected chi connectivity index (χ1v) is 31.8. The van der Waals surface area contributed by atoms with Gasteiger partial charge in [0.2, 0.25) is 5.91 Å². The molecule has 0 aromatic heterocycles. The first kappa shape index (κ1) is 69.2. The van der Waals surface area contributed by atoms with E-state index in [1.54, 1.807) is 0 Å². The molecular formula is C61H117N2O7P. The SMILES string of the molecule is CCCCC/C=C\C/C=C\CCCCCCCCCCCC(=O)OC(/C=C/CCCCCCCCCCC)C(COP(=O)([O-])OCC[N+](C)(C)C)NC(=O)CCCCCCCCCCCCCCCCC. The summed E-state index contributed by atoms with van der Waals surface area (Å²) in [6, 6.07) is -0.885. The van der Waals surface area contributed by atoms with Gasteiger partial charge in [0.25, 0.3) is 7.82 Å². The number of carbonyl (C=O) groups is 2. The summed E-state index contributed by atoms with van der Waals surface area (Å²) >= 11 is 0. The lowest BCUT2D eigenvalue weighted by Gasteiger charge is -2.30. The molecule has 0 aliphatic heterocycles. The van der Waals surface area contributed by atoms with Crippen molar-refractivity contribution in [3.8, 4) is 0 Å². The maximum atomic E-state index is 13.5. The second-order valence-electron chi connectivity index (χ2n) is 21.9. The van der Waals surface area contributed by atoms with Gasteiger partial charge in [-0.2, -0.15) is 0 Å². The second-order valence-corrected chi connectivity index (χ2v) is 23.3. The monoisotopic (exact) mass is 1020 g/mol. The number of phosphoric ester groups is 1. The number of phosphoric acid groups is 1. The van der Waals surface area contributed by atoms with E-state index in [1.807, 2.05) is 33.3 Å². The molecule has 0 fully saturated rings. The molecule has 0 saturated carbocycles. The zero-order valence-corrected chi connectivity index (χ0v) is 48.6. The maximum Gasteiger partial charge on any atom is 0.306 e. The Kier molecular flexibility index (Phi) is 50.4. The van der Waals surface area contributed by atoms with E-state index in [1.165, 1.54) is 193 Å². The minimum atomic E-state index is -4.69. The molecule has 0 bridgehead atoms. The van der Waals surface area contributed by atoms with Gasteiger partial charge in [-0.05, 0) is 63.9 Å². The van der Waals surface area contributed by atoms with Crippen molar-refractivity contribution in [3.63, 3.8) is 0 Å². The molecular weight excluding hydrogens is 904 g/mol. The summed E-state index contributed by atoms with van der Waals surface area (Å²) in [5.74, 6) is -0.535. The summed E-state index contributed by atoms with van der Waals surface area (Å²) in [6.07, 6.45) is 61.0. The van der Waals surface area contributed by atoms with Gasteiger partial charge in [0.1, 0.15) is 19.3 Å².